The van der Waals surface area contributed by atoms with Gasteiger partial charge in [0.05, 0.1) is 16.7 Å². The van der Waals surface area contributed by atoms with Crippen molar-refractivity contribution in [1.29, 1.82) is 0 Å². The van der Waals surface area contributed by atoms with Gasteiger partial charge in [0.2, 0.25) is 0 Å². The second-order valence-corrected chi connectivity index (χ2v) is 10.5. The minimum atomic E-state index is -1.35. The first-order valence-electron chi connectivity index (χ1n) is 13.4. The molecule has 0 bridgehead atoms. The summed E-state index contributed by atoms with van der Waals surface area (Å²) in [4.78, 5) is 39.0. The number of carbonyl (C=O) groups excluding carboxylic acids is 3. The van der Waals surface area contributed by atoms with Crippen LogP contribution in [0, 0.1) is 0 Å². The maximum Gasteiger partial charge on any atom is 0.343 e. The summed E-state index contributed by atoms with van der Waals surface area (Å²) in [6.07, 6.45) is 0. The largest absolute Gasteiger partial charge is 0.456 e. The van der Waals surface area contributed by atoms with Crippen LogP contribution in [0.2, 0.25) is 0 Å². The Hall–Kier alpha value is -5.21. The van der Waals surface area contributed by atoms with E-state index in [1.165, 1.54) is 0 Å². The third kappa shape index (κ3) is 4.47. The van der Waals surface area contributed by atoms with E-state index < -0.39 is 23.5 Å². The van der Waals surface area contributed by atoms with Crippen LogP contribution >= 0.6 is 15.9 Å². The van der Waals surface area contributed by atoms with E-state index in [1.807, 2.05) is 30.3 Å². The lowest BCUT2D eigenvalue weighted by Crippen LogP contribution is -2.33. The van der Waals surface area contributed by atoms with Crippen LogP contribution in [0.15, 0.2) is 115 Å². The molecule has 2 aliphatic heterocycles. The van der Waals surface area contributed by atoms with E-state index in [0.717, 1.165) is 5.56 Å². The van der Waals surface area contributed by atoms with Gasteiger partial charge in [-0.2, -0.15) is 0 Å². The molecular weight excluding hydrogens is 612 g/mol. The van der Waals surface area contributed by atoms with Crippen LogP contribution in [0.3, 0.4) is 0 Å². The number of benzene rings is 5. The van der Waals surface area contributed by atoms with Gasteiger partial charge in [0.25, 0.3) is 0 Å². The van der Waals surface area contributed by atoms with Crippen molar-refractivity contribution < 1.29 is 33.3 Å². The molecule has 0 saturated heterocycles. The van der Waals surface area contributed by atoms with Crippen molar-refractivity contribution >= 4 is 33.8 Å². The summed E-state index contributed by atoms with van der Waals surface area (Å²) in [5.74, 6) is -0.386. The van der Waals surface area contributed by atoms with Crippen LogP contribution < -0.4 is 14.2 Å². The van der Waals surface area contributed by atoms with Crippen molar-refractivity contribution in [3.63, 3.8) is 0 Å². The lowest BCUT2D eigenvalue weighted by molar-refractivity contribution is 0.0224. The van der Waals surface area contributed by atoms with Crippen LogP contribution in [0.1, 0.15) is 53.3 Å². The highest BCUT2D eigenvalue weighted by atomic mass is 79.9. The van der Waals surface area contributed by atoms with Gasteiger partial charge in [-0.25, -0.2) is 14.4 Å². The maximum atomic E-state index is 13.5. The summed E-state index contributed by atoms with van der Waals surface area (Å²) in [5, 5.41) is 0.459. The lowest BCUT2D eigenvalue weighted by atomic mass is 9.77. The average Bonchev–Trinajstić information content (AvgIpc) is 3.34. The third-order valence-electron chi connectivity index (χ3n) is 7.45. The van der Waals surface area contributed by atoms with Gasteiger partial charge >= 0.3 is 17.9 Å². The Morgan fingerprint density at radius 1 is 0.651 bits per heavy atom. The molecule has 5 aromatic carbocycles. The average molecular weight is 633 g/mol. The highest BCUT2D eigenvalue weighted by molar-refractivity contribution is 9.08. The van der Waals surface area contributed by atoms with Gasteiger partial charge in [-0.3, -0.25) is 0 Å². The number of fused-ring (bicyclic) bond motifs is 6. The Balaban J connectivity index is 1.34. The zero-order valence-corrected chi connectivity index (χ0v) is 24.0. The summed E-state index contributed by atoms with van der Waals surface area (Å²) >= 11 is 3.49. The fourth-order valence-electron chi connectivity index (χ4n) is 5.52. The number of ether oxygens (including phenoxy) is 4. The second-order valence-electron chi connectivity index (χ2n) is 9.97. The molecule has 210 valence electrons. The van der Waals surface area contributed by atoms with E-state index in [4.69, 9.17) is 18.9 Å². The molecule has 43 heavy (non-hydrogen) atoms. The summed E-state index contributed by atoms with van der Waals surface area (Å²) in [5.41, 5.74) is 2.48. The van der Waals surface area contributed by atoms with Crippen molar-refractivity contribution in [2.24, 2.45) is 0 Å². The van der Waals surface area contributed by atoms with Crippen LogP contribution in [-0.4, -0.2) is 17.9 Å². The third-order valence-corrected chi connectivity index (χ3v) is 8.05. The Bertz CT molecular complexity index is 1820. The van der Waals surface area contributed by atoms with Gasteiger partial charge < -0.3 is 18.9 Å². The molecule has 0 aromatic heterocycles. The molecule has 2 heterocycles. The predicted octanol–water partition coefficient (Wildman–Crippen LogP) is 7.59. The molecule has 7 nitrogen and oxygen atoms in total. The molecule has 0 unspecified atom stereocenters. The fraction of sp³-hybridized carbons (Fsp3) is 0.0571. The van der Waals surface area contributed by atoms with Crippen LogP contribution in [0.25, 0.3) is 0 Å². The van der Waals surface area contributed by atoms with Gasteiger partial charge in [-0.1, -0.05) is 70.5 Å². The molecule has 1 spiro atoms. The quantitative estimate of drug-likeness (QED) is 0.112. The monoisotopic (exact) mass is 632 g/mol. The Kier molecular flexibility index (Phi) is 6.55. The van der Waals surface area contributed by atoms with Crippen molar-refractivity contribution in [2.75, 3.05) is 0 Å². The Labute approximate surface area is 254 Å². The minimum Gasteiger partial charge on any atom is -0.456 e. The Morgan fingerprint density at radius 2 is 1.19 bits per heavy atom. The van der Waals surface area contributed by atoms with Gasteiger partial charge in [-0.05, 0) is 54.1 Å². The zero-order chi connectivity index (χ0) is 29.6. The first kappa shape index (κ1) is 26.7. The number of hydrogen-bond acceptors (Lipinski definition) is 7. The Morgan fingerprint density at radius 3 is 1.70 bits per heavy atom. The van der Waals surface area contributed by atoms with Crippen LogP contribution in [-0.2, 0) is 15.7 Å². The SMILES string of the molecule is O=C(Oc1ccc2c(c1)Oc1cc(OC(=O)c3ccccc3)ccc1C21OC(=O)c2c(CBr)cccc21)c1ccccc1. The summed E-state index contributed by atoms with van der Waals surface area (Å²) < 4.78 is 23.9. The predicted molar refractivity (Wildman–Crippen MR) is 160 cm³/mol. The summed E-state index contributed by atoms with van der Waals surface area (Å²) in [7, 11) is 0. The van der Waals surface area contributed by atoms with Gasteiger partial charge in [0.15, 0.2) is 5.60 Å². The molecule has 8 heteroatoms. The van der Waals surface area contributed by atoms with Crippen molar-refractivity contribution in [1.82, 2.24) is 0 Å². The first-order valence-corrected chi connectivity index (χ1v) is 14.5. The highest BCUT2D eigenvalue weighted by Crippen LogP contribution is 2.57. The maximum absolute atomic E-state index is 13.5. The van der Waals surface area contributed by atoms with E-state index in [-0.39, 0.29) is 11.5 Å². The van der Waals surface area contributed by atoms with E-state index in [0.29, 0.717) is 50.2 Å². The second kappa shape index (κ2) is 10.6. The number of hydrogen-bond donors (Lipinski definition) is 0. The molecule has 0 aliphatic carbocycles. The molecule has 0 N–H and O–H groups in total. The molecular formula is C35H21BrO7. The highest BCUT2D eigenvalue weighted by Gasteiger charge is 2.54. The number of alkyl halides is 1. The molecule has 2 aliphatic rings. The number of carbonyl (C=O) groups is 3. The van der Waals surface area contributed by atoms with E-state index in [2.05, 4.69) is 15.9 Å². The molecule has 5 aromatic rings. The first-order chi connectivity index (χ1) is 21.0. The standard InChI is InChI=1S/C35H21BrO7/c36-20-23-12-7-13-28-31(23)34(39)43-35(28)26-16-14-24(40-32(37)21-8-3-1-4-9-21)18-29(26)42-30-19-25(15-17-27(30)35)41-33(38)22-10-5-2-6-11-22/h1-19H,20H2. The molecule has 0 saturated carbocycles. The van der Waals surface area contributed by atoms with Crippen LogP contribution in [0.5, 0.6) is 23.0 Å². The molecule has 0 amide bonds. The molecule has 0 radical (unpaired) electrons. The fourth-order valence-corrected chi connectivity index (χ4v) is 5.99. The number of esters is 3. The van der Waals surface area contributed by atoms with Crippen molar-refractivity contribution in [3.05, 3.63) is 154 Å². The van der Waals surface area contributed by atoms with Crippen LogP contribution in [0.4, 0.5) is 0 Å². The number of rotatable bonds is 5. The topological polar surface area (TPSA) is 88.1 Å². The zero-order valence-electron chi connectivity index (χ0n) is 22.4. The number of halogens is 1. The summed E-state index contributed by atoms with van der Waals surface area (Å²) in [6.45, 7) is 0. The van der Waals surface area contributed by atoms with E-state index in [9.17, 15) is 14.4 Å². The normalized spacial score (nSPS) is 13.7. The van der Waals surface area contributed by atoms with Crippen molar-refractivity contribution in [2.45, 2.75) is 10.9 Å². The van der Waals surface area contributed by atoms with Gasteiger partial charge in [0, 0.05) is 34.2 Å². The molecule has 0 atom stereocenters. The smallest absolute Gasteiger partial charge is 0.343 e. The minimum absolute atomic E-state index is 0.247. The van der Waals surface area contributed by atoms with E-state index in [1.54, 1.807) is 84.9 Å². The summed E-state index contributed by atoms with van der Waals surface area (Å²) in [6, 6.07) is 32.8. The molecule has 7 rings (SSSR count). The van der Waals surface area contributed by atoms with Crippen molar-refractivity contribution in [3.8, 4) is 23.0 Å². The van der Waals surface area contributed by atoms with E-state index >= 15 is 0 Å². The molecule has 0 fully saturated rings. The van der Waals surface area contributed by atoms with Gasteiger partial charge in [-0.15, -0.1) is 0 Å². The van der Waals surface area contributed by atoms with Gasteiger partial charge in [0.1, 0.15) is 23.0 Å². The lowest BCUT2D eigenvalue weighted by Gasteiger charge is -2.36.